The van der Waals surface area contributed by atoms with Crippen LogP contribution in [0.5, 0.6) is 0 Å². The van der Waals surface area contributed by atoms with Crippen molar-refractivity contribution in [2.75, 3.05) is 0 Å². The number of aromatic nitrogens is 5. The zero-order chi connectivity index (χ0) is 41.0. The van der Waals surface area contributed by atoms with Crippen LogP contribution in [-0.4, -0.2) is 24.9 Å². The normalized spacial score (nSPS) is 14.5. The van der Waals surface area contributed by atoms with Crippen molar-refractivity contribution in [1.29, 1.82) is 0 Å². The minimum absolute atomic E-state index is 0.134. The van der Waals surface area contributed by atoms with Gasteiger partial charge in [-0.15, -0.1) is 0 Å². The SMILES string of the molecule is c1ccc(-c2ccc(-c3nc(-c4ccccc4)nc(-c4ccc(-c5ccc6c(c5)C5c7ccccc7C6c6cc(-c7cncc(-c8ccccc8)n7)ccc65)cc4)n3)cc2)cc1. The third-order valence-corrected chi connectivity index (χ3v) is 12.4. The highest BCUT2D eigenvalue weighted by Crippen LogP contribution is 2.56. The molecule has 2 heterocycles. The highest BCUT2D eigenvalue weighted by molar-refractivity contribution is 5.77. The fraction of sp³-hybridized carbons (Fsp3) is 0.0351. The number of rotatable bonds is 7. The maximum atomic E-state index is 5.06. The Morgan fingerprint density at radius 2 is 0.581 bits per heavy atom. The maximum absolute atomic E-state index is 5.06. The fourth-order valence-corrected chi connectivity index (χ4v) is 9.41. The summed E-state index contributed by atoms with van der Waals surface area (Å²) in [5, 5.41) is 0. The second kappa shape index (κ2) is 14.8. The first-order chi connectivity index (χ1) is 30.7. The van der Waals surface area contributed by atoms with Crippen molar-refractivity contribution in [2.45, 2.75) is 11.8 Å². The van der Waals surface area contributed by atoms with Gasteiger partial charge in [0.25, 0.3) is 0 Å². The Kier molecular flexibility index (Phi) is 8.56. The van der Waals surface area contributed by atoms with Crippen LogP contribution >= 0.6 is 0 Å². The van der Waals surface area contributed by atoms with E-state index in [2.05, 4.69) is 151 Å². The Balaban J connectivity index is 0.884. The molecular formula is C57H37N5. The summed E-state index contributed by atoms with van der Waals surface area (Å²) in [6.45, 7) is 0. The minimum atomic E-state index is 0.134. The third-order valence-electron chi connectivity index (χ3n) is 12.4. The van der Waals surface area contributed by atoms with Gasteiger partial charge < -0.3 is 0 Å². The molecule has 290 valence electrons. The second-order valence-corrected chi connectivity index (χ2v) is 16.0. The summed E-state index contributed by atoms with van der Waals surface area (Å²) in [4.78, 5) is 24.7. The predicted molar refractivity (Wildman–Crippen MR) is 248 cm³/mol. The molecular weight excluding hydrogens is 755 g/mol. The van der Waals surface area contributed by atoms with Crippen molar-refractivity contribution in [1.82, 2.24) is 24.9 Å². The zero-order valence-corrected chi connectivity index (χ0v) is 33.6. The molecule has 0 spiro atoms. The molecule has 8 aromatic carbocycles. The molecule has 0 N–H and O–H groups in total. The van der Waals surface area contributed by atoms with Crippen LogP contribution in [0.25, 0.3) is 78.9 Å². The smallest absolute Gasteiger partial charge is 0.164 e. The molecule has 0 saturated carbocycles. The zero-order valence-electron chi connectivity index (χ0n) is 33.6. The summed E-state index contributed by atoms with van der Waals surface area (Å²) < 4.78 is 0. The van der Waals surface area contributed by atoms with Crippen LogP contribution in [0.1, 0.15) is 45.2 Å². The van der Waals surface area contributed by atoms with Crippen LogP contribution in [0.3, 0.4) is 0 Å². The molecule has 0 amide bonds. The highest BCUT2D eigenvalue weighted by Gasteiger charge is 2.41. The Morgan fingerprint density at radius 1 is 0.242 bits per heavy atom. The number of nitrogens with zero attached hydrogens (tertiary/aromatic N) is 5. The molecule has 2 unspecified atom stereocenters. The van der Waals surface area contributed by atoms with Gasteiger partial charge in [0.2, 0.25) is 0 Å². The van der Waals surface area contributed by atoms with Gasteiger partial charge >= 0.3 is 0 Å². The van der Waals surface area contributed by atoms with E-state index in [0.717, 1.165) is 50.3 Å². The molecule has 2 bridgehead atoms. The van der Waals surface area contributed by atoms with Crippen molar-refractivity contribution in [3.63, 3.8) is 0 Å². The van der Waals surface area contributed by atoms with Crippen LogP contribution in [0.2, 0.25) is 0 Å². The number of hydrogen-bond acceptors (Lipinski definition) is 5. The quantitative estimate of drug-likeness (QED) is 0.161. The summed E-state index contributed by atoms with van der Waals surface area (Å²) in [5.41, 5.74) is 19.6. The van der Waals surface area contributed by atoms with Crippen molar-refractivity contribution < 1.29 is 0 Å². The van der Waals surface area contributed by atoms with Gasteiger partial charge in [-0.3, -0.25) is 4.98 Å². The van der Waals surface area contributed by atoms with Gasteiger partial charge in [0.15, 0.2) is 17.5 Å². The number of hydrogen-bond donors (Lipinski definition) is 0. The molecule has 0 saturated heterocycles. The van der Waals surface area contributed by atoms with E-state index in [1.165, 1.54) is 44.5 Å². The van der Waals surface area contributed by atoms with Crippen LogP contribution in [0.15, 0.2) is 213 Å². The lowest BCUT2D eigenvalue weighted by Gasteiger charge is -2.42. The van der Waals surface area contributed by atoms with Crippen LogP contribution in [-0.2, 0) is 0 Å². The summed E-state index contributed by atoms with van der Waals surface area (Å²) in [6.07, 6.45) is 3.72. The summed E-state index contributed by atoms with van der Waals surface area (Å²) in [7, 11) is 0. The van der Waals surface area contributed by atoms with Gasteiger partial charge in [-0.2, -0.15) is 0 Å². The fourth-order valence-electron chi connectivity index (χ4n) is 9.41. The van der Waals surface area contributed by atoms with E-state index in [1.807, 2.05) is 67.0 Å². The molecule has 3 aliphatic carbocycles. The standard InChI is InChI=1S/C57H37N5/c1-4-12-36(13-5-1)37-20-24-41(25-21-37)56-60-55(40-16-8-3-9-17-40)61-57(62-56)42-26-22-38(23-27-42)43-28-30-47-49(32-43)53-45-18-10-11-19-46(45)54(47)50-33-44(29-31-48(50)53)52-35-58-34-51(59-52)39-14-6-2-7-15-39/h1-35,53-54H. The Hall–Kier alpha value is -8.15. The third kappa shape index (κ3) is 6.22. The molecule has 3 aliphatic rings. The molecule has 2 atom stereocenters. The van der Waals surface area contributed by atoms with E-state index in [-0.39, 0.29) is 11.8 Å². The van der Waals surface area contributed by atoms with Crippen molar-refractivity contribution in [2.24, 2.45) is 0 Å². The first kappa shape index (κ1) is 35.8. The Labute approximate surface area is 360 Å². The molecule has 5 nitrogen and oxygen atoms in total. The van der Waals surface area contributed by atoms with E-state index in [0.29, 0.717) is 17.5 Å². The van der Waals surface area contributed by atoms with Crippen molar-refractivity contribution >= 4 is 0 Å². The van der Waals surface area contributed by atoms with Gasteiger partial charge in [-0.1, -0.05) is 188 Å². The van der Waals surface area contributed by atoms with Gasteiger partial charge in [-0.25, -0.2) is 19.9 Å². The first-order valence-electron chi connectivity index (χ1n) is 21.0. The molecule has 62 heavy (non-hydrogen) atoms. The maximum Gasteiger partial charge on any atom is 0.164 e. The lowest BCUT2D eigenvalue weighted by atomic mass is 9.60. The topological polar surface area (TPSA) is 64.5 Å². The Morgan fingerprint density at radius 3 is 1.11 bits per heavy atom. The number of benzene rings is 8. The molecule has 5 heteroatoms. The summed E-state index contributed by atoms with van der Waals surface area (Å²) >= 11 is 0. The first-order valence-corrected chi connectivity index (χ1v) is 21.0. The molecule has 0 fully saturated rings. The average Bonchev–Trinajstić information content (AvgIpc) is 3.36. The molecule has 2 aromatic heterocycles. The Bertz CT molecular complexity index is 3280. The highest BCUT2D eigenvalue weighted by atomic mass is 15.0. The second-order valence-electron chi connectivity index (χ2n) is 16.0. The van der Waals surface area contributed by atoms with E-state index in [1.54, 1.807) is 0 Å². The predicted octanol–water partition coefficient (Wildman–Crippen LogP) is 13.3. The molecule has 0 radical (unpaired) electrons. The molecule has 0 aliphatic heterocycles. The van der Waals surface area contributed by atoms with Gasteiger partial charge in [0.1, 0.15) is 0 Å². The van der Waals surface area contributed by atoms with E-state index in [9.17, 15) is 0 Å². The summed E-state index contributed by atoms with van der Waals surface area (Å²) in [5.74, 6) is 2.20. The monoisotopic (exact) mass is 791 g/mol. The van der Waals surface area contributed by atoms with Gasteiger partial charge in [-0.05, 0) is 67.8 Å². The molecule has 13 rings (SSSR count). The van der Waals surface area contributed by atoms with Gasteiger partial charge in [0.05, 0.1) is 23.8 Å². The largest absolute Gasteiger partial charge is 0.260 e. The molecule has 10 aromatic rings. The lowest BCUT2D eigenvalue weighted by molar-refractivity contribution is 0.755. The van der Waals surface area contributed by atoms with E-state index in [4.69, 9.17) is 19.9 Å². The minimum Gasteiger partial charge on any atom is -0.260 e. The summed E-state index contributed by atoms with van der Waals surface area (Å²) in [6, 6.07) is 70.8. The average molecular weight is 792 g/mol. The van der Waals surface area contributed by atoms with E-state index >= 15 is 0 Å². The van der Waals surface area contributed by atoms with Crippen LogP contribution in [0, 0.1) is 0 Å². The van der Waals surface area contributed by atoms with Crippen LogP contribution < -0.4 is 0 Å². The van der Waals surface area contributed by atoms with Crippen molar-refractivity contribution in [3.05, 3.63) is 246 Å². The van der Waals surface area contributed by atoms with Crippen LogP contribution in [0.4, 0.5) is 0 Å². The van der Waals surface area contributed by atoms with Gasteiger partial charge in [0, 0.05) is 39.7 Å². The van der Waals surface area contributed by atoms with Crippen molar-refractivity contribution in [3.8, 4) is 78.9 Å². The lowest BCUT2D eigenvalue weighted by Crippen LogP contribution is -2.27. The van der Waals surface area contributed by atoms with E-state index < -0.39 is 0 Å².